The number of ether oxygens (including phenoxy) is 2. The number of likely N-dealkylation sites (tertiary alicyclic amines) is 1. The van der Waals surface area contributed by atoms with Gasteiger partial charge in [-0.3, -0.25) is 9.69 Å². The summed E-state index contributed by atoms with van der Waals surface area (Å²) in [5.41, 5.74) is 2.17. The third kappa shape index (κ3) is 5.36. The third-order valence-corrected chi connectivity index (χ3v) is 7.43. The van der Waals surface area contributed by atoms with E-state index in [1.54, 1.807) is 18.2 Å². The Bertz CT molecular complexity index is 1040. The number of rotatable bonds is 7. The van der Waals surface area contributed by atoms with Gasteiger partial charge in [-0.2, -0.15) is 13.2 Å². The normalized spacial score (nSPS) is 17.6. The Kier molecular flexibility index (Phi) is 7.43. The summed E-state index contributed by atoms with van der Waals surface area (Å²) in [6.45, 7) is 3.82. The summed E-state index contributed by atoms with van der Waals surface area (Å²) >= 11 is 6.53. The van der Waals surface area contributed by atoms with E-state index in [-0.39, 0.29) is 24.4 Å². The molecule has 0 spiro atoms. The van der Waals surface area contributed by atoms with Crippen LogP contribution in [0.4, 0.5) is 13.2 Å². The molecule has 34 heavy (non-hydrogen) atoms. The average molecular weight is 496 g/mol. The number of carbonyl (C=O) groups excluding carboxylic acids is 1. The lowest BCUT2D eigenvalue weighted by molar-refractivity contribution is -0.151. The molecule has 4 nitrogen and oxygen atoms in total. The maximum Gasteiger partial charge on any atom is 0.416 e. The van der Waals surface area contributed by atoms with Crippen molar-refractivity contribution in [1.29, 1.82) is 0 Å². The lowest BCUT2D eigenvalue weighted by atomic mass is 9.91. The molecule has 1 saturated carbocycles. The fourth-order valence-corrected chi connectivity index (χ4v) is 5.17. The number of esters is 1. The molecule has 4 rings (SSSR count). The second kappa shape index (κ2) is 10.2. The van der Waals surface area contributed by atoms with Gasteiger partial charge >= 0.3 is 12.1 Å². The molecular formula is C26H29ClF3NO3. The minimum absolute atomic E-state index is 0.000528. The highest BCUT2D eigenvalue weighted by molar-refractivity contribution is 6.32. The predicted octanol–water partition coefficient (Wildman–Crippen LogP) is 6.51. The number of alkyl halides is 3. The summed E-state index contributed by atoms with van der Waals surface area (Å²) in [6, 6.07) is 8.21. The minimum atomic E-state index is -4.40. The van der Waals surface area contributed by atoms with Gasteiger partial charge in [-0.1, -0.05) is 42.6 Å². The molecule has 1 aliphatic carbocycles. The van der Waals surface area contributed by atoms with Crippen LogP contribution in [0.15, 0.2) is 30.3 Å². The van der Waals surface area contributed by atoms with Gasteiger partial charge in [-0.15, -0.1) is 0 Å². The summed E-state index contributed by atoms with van der Waals surface area (Å²) < 4.78 is 51.8. The van der Waals surface area contributed by atoms with Crippen LogP contribution in [0.1, 0.15) is 59.4 Å². The summed E-state index contributed by atoms with van der Waals surface area (Å²) in [7, 11) is 1.39. The molecule has 0 aromatic heterocycles. The van der Waals surface area contributed by atoms with Crippen LogP contribution in [0, 0.1) is 12.8 Å². The summed E-state index contributed by atoms with van der Waals surface area (Å²) in [5, 5.41) is 0.446. The van der Waals surface area contributed by atoms with Crippen molar-refractivity contribution in [3.05, 3.63) is 63.2 Å². The van der Waals surface area contributed by atoms with Gasteiger partial charge in [0.1, 0.15) is 12.4 Å². The lowest BCUT2D eigenvalue weighted by Gasteiger charge is -2.37. The van der Waals surface area contributed by atoms with Gasteiger partial charge in [0.25, 0.3) is 0 Å². The van der Waals surface area contributed by atoms with Crippen LogP contribution in [0.5, 0.6) is 5.75 Å². The number of carbonyl (C=O) groups is 1. The second-order valence-corrected chi connectivity index (χ2v) is 9.64. The maximum atomic E-state index is 13.7. The van der Waals surface area contributed by atoms with Crippen LogP contribution >= 0.6 is 11.6 Å². The van der Waals surface area contributed by atoms with Gasteiger partial charge in [-0.05, 0) is 60.1 Å². The number of benzene rings is 2. The Morgan fingerprint density at radius 1 is 1.15 bits per heavy atom. The molecular weight excluding hydrogens is 467 g/mol. The van der Waals surface area contributed by atoms with Gasteiger partial charge in [0.05, 0.1) is 23.6 Å². The first-order valence-electron chi connectivity index (χ1n) is 11.6. The molecule has 0 N–H and O–H groups in total. The second-order valence-electron chi connectivity index (χ2n) is 9.27. The van der Waals surface area contributed by atoms with Gasteiger partial charge in [0.15, 0.2) is 0 Å². The first-order chi connectivity index (χ1) is 16.2. The highest BCUT2D eigenvalue weighted by Crippen LogP contribution is 2.42. The van der Waals surface area contributed by atoms with E-state index < -0.39 is 11.7 Å². The molecule has 0 radical (unpaired) electrons. The first-order valence-corrected chi connectivity index (χ1v) is 12.0. The largest absolute Gasteiger partial charge is 0.487 e. The molecule has 0 bridgehead atoms. The quantitative estimate of drug-likeness (QED) is 0.410. The van der Waals surface area contributed by atoms with Crippen LogP contribution in [-0.2, 0) is 28.9 Å². The highest BCUT2D eigenvalue weighted by atomic mass is 35.5. The fourth-order valence-electron chi connectivity index (χ4n) is 4.93. The zero-order valence-corrected chi connectivity index (χ0v) is 20.1. The van der Waals surface area contributed by atoms with E-state index in [0.717, 1.165) is 36.8 Å². The Morgan fingerprint density at radius 2 is 1.85 bits per heavy atom. The standard InChI is InChI=1S/C26H29ClF3NO3/c1-16-19(12-31-13-20(14-31)25(32)33-2)8-10-23(24(16)27)34-15-17-7-9-21(18-5-3-4-6-18)22(11-17)26(28,29)30/h7-11,18,20H,3-6,12-15H2,1-2H3. The van der Waals surface area contributed by atoms with Crippen molar-refractivity contribution in [1.82, 2.24) is 4.90 Å². The topological polar surface area (TPSA) is 38.8 Å². The predicted molar refractivity (Wildman–Crippen MR) is 124 cm³/mol. The molecule has 1 aliphatic heterocycles. The van der Waals surface area contributed by atoms with E-state index in [1.165, 1.54) is 13.2 Å². The number of hydrogen-bond donors (Lipinski definition) is 0. The van der Waals surface area contributed by atoms with Crippen molar-refractivity contribution in [3.8, 4) is 5.75 Å². The SMILES string of the molecule is COC(=O)C1CN(Cc2ccc(OCc3ccc(C4CCCC4)c(C(F)(F)F)c3)c(Cl)c2C)C1. The summed E-state index contributed by atoms with van der Waals surface area (Å²) in [5.74, 6) is 0.127. The van der Waals surface area contributed by atoms with E-state index >= 15 is 0 Å². The van der Waals surface area contributed by atoms with Crippen molar-refractivity contribution in [3.63, 3.8) is 0 Å². The molecule has 8 heteroatoms. The number of halogens is 4. The van der Waals surface area contributed by atoms with E-state index in [4.69, 9.17) is 21.1 Å². The van der Waals surface area contributed by atoms with Crippen molar-refractivity contribution < 1.29 is 27.4 Å². The van der Waals surface area contributed by atoms with Gasteiger partial charge in [0, 0.05) is 19.6 Å². The summed E-state index contributed by atoms with van der Waals surface area (Å²) in [4.78, 5) is 13.7. The van der Waals surface area contributed by atoms with Crippen molar-refractivity contribution in [2.45, 2.75) is 57.9 Å². The van der Waals surface area contributed by atoms with E-state index in [0.29, 0.717) is 41.5 Å². The van der Waals surface area contributed by atoms with Gasteiger partial charge < -0.3 is 9.47 Å². The van der Waals surface area contributed by atoms with Gasteiger partial charge in [-0.25, -0.2) is 0 Å². The molecule has 1 saturated heterocycles. The molecule has 0 unspecified atom stereocenters. The molecule has 0 atom stereocenters. The van der Waals surface area contributed by atoms with Crippen molar-refractivity contribution in [2.75, 3.05) is 20.2 Å². The molecule has 2 aromatic rings. The average Bonchev–Trinajstić information content (AvgIpc) is 3.31. The zero-order chi connectivity index (χ0) is 24.5. The molecule has 2 fully saturated rings. The van der Waals surface area contributed by atoms with Crippen molar-refractivity contribution in [2.24, 2.45) is 5.92 Å². The van der Waals surface area contributed by atoms with Crippen LogP contribution in [0.25, 0.3) is 0 Å². The molecule has 0 amide bonds. The smallest absolute Gasteiger partial charge is 0.416 e. The number of nitrogens with zero attached hydrogens (tertiary/aromatic N) is 1. The van der Waals surface area contributed by atoms with Crippen molar-refractivity contribution >= 4 is 17.6 Å². The first kappa shape index (κ1) is 24.9. The fraction of sp³-hybridized carbons (Fsp3) is 0.500. The van der Waals surface area contributed by atoms with E-state index in [1.807, 2.05) is 13.0 Å². The van der Waals surface area contributed by atoms with Gasteiger partial charge in [0.2, 0.25) is 0 Å². The Balaban J connectivity index is 1.42. The number of methoxy groups -OCH3 is 1. The maximum absolute atomic E-state index is 13.7. The van der Waals surface area contributed by atoms with Crippen LogP contribution in [0.3, 0.4) is 0 Å². The third-order valence-electron chi connectivity index (χ3n) is 6.96. The monoisotopic (exact) mass is 495 g/mol. The summed E-state index contributed by atoms with van der Waals surface area (Å²) in [6.07, 6.45) is -0.829. The molecule has 1 heterocycles. The minimum Gasteiger partial charge on any atom is -0.487 e. The highest BCUT2D eigenvalue weighted by Gasteiger charge is 2.36. The zero-order valence-electron chi connectivity index (χ0n) is 19.4. The molecule has 2 aliphatic rings. The lowest BCUT2D eigenvalue weighted by Crippen LogP contribution is -2.50. The van der Waals surface area contributed by atoms with Crippen LogP contribution in [-0.4, -0.2) is 31.1 Å². The van der Waals surface area contributed by atoms with Crippen LogP contribution < -0.4 is 4.74 Å². The Labute approximate surface area is 203 Å². The molecule has 2 aromatic carbocycles. The van der Waals surface area contributed by atoms with Crippen LogP contribution in [0.2, 0.25) is 5.02 Å². The van der Waals surface area contributed by atoms with E-state index in [9.17, 15) is 18.0 Å². The van der Waals surface area contributed by atoms with E-state index in [2.05, 4.69) is 4.90 Å². The number of hydrogen-bond acceptors (Lipinski definition) is 4. The molecule has 184 valence electrons. The Morgan fingerprint density at radius 3 is 2.50 bits per heavy atom. The Hall–Kier alpha value is -2.25.